The maximum absolute atomic E-state index is 12.1. The molecule has 0 radical (unpaired) electrons. The predicted molar refractivity (Wildman–Crippen MR) is 93.1 cm³/mol. The summed E-state index contributed by atoms with van der Waals surface area (Å²) in [5.41, 5.74) is 0. The zero-order chi connectivity index (χ0) is 17.5. The molecule has 1 unspecified atom stereocenters. The second-order valence-corrected chi connectivity index (χ2v) is 6.91. The molecule has 0 bridgehead atoms. The van der Waals surface area contributed by atoms with E-state index in [2.05, 4.69) is 22.5 Å². The van der Waals surface area contributed by atoms with E-state index in [1.165, 1.54) is 12.8 Å². The van der Waals surface area contributed by atoms with Crippen LogP contribution in [0.15, 0.2) is 0 Å². The standard InChI is InChI=1S/C17H32N4O3/c1-3-20-8-6-5-7-14(20)11-18-17(24)19-13-9-15(10-13)21(4-2)12-16(22)23/h13-15H,3-12H2,1-2H3,(H,22,23)(H2,18,19,24). The molecule has 0 spiro atoms. The van der Waals surface area contributed by atoms with Crippen LogP contribution in [0.4, 0.5) is 4.79 Å². The Bertz CT molecular complexity index is 426. The van der Waals surface area contributed by atoms with Crippen molar-refractivity contribution in [1.29, 1.82) is 0 Å². The van der Waals surface area contributed by atoms with Gasteiger partial charge in [-0.25, -0.2) is 4.79 Å². The van der Waals surface area contributed by atoms with Gasteiger partial charge in [-0.2, -0.15) is 0 Å². The van der Waals surface area contributed by atoms with Crippen molar-refractivity contribution < 1.29 is 14.7 Å². The molecular weight excluding hydrogens is 308 g/mol. The number of carbonyl (C=O) groups excluding carboxylic acids is 1. The Morgan fingerprint density at radius 1 is 1.25 bits per heavy atom. The Hall–Kier alpha value is -1.34. The third kappa shape index (κ3) is 5.34. The molecular formula is C17H32N4O3. The number of amides is 2. The van der Waals surface area contributed by atoms with Crippen molar-refractivity contribution in [2.24, 2.45) is 0 Å². The first-order chi connectivity index (χ1) is 11.5. The number of rotatable bonds is 8. The fourth-order valence-electron chi connectivity index (χ4n) is 3.83. The molecule has 2 fully saturated rings. The quantitative estimate of drug-likeness (QED) is 0.616. The molecule has 2 amide bonds. The molecule has 3 N–H and O–H groups in total. The van der Waals surface area contributed by atoms with Crippen molar-refractivity contribution >= 4 is 12.0 Å². The first kappa shape index (κ1) is 19.0. The second kappa shape index (κ2) is 9.22. The molecule has 2 rings (SSSR count). The molecule has 7 heteroatoms. The van der Waals surface area contributed by atoms with Gasteiger partial charge in [0.05, 0.1) is 6.54 Å². The highest BCUT2D eigenvalue weighted by atomic mass is 16.4. The van der Waals surface area contributed by atoms with Crippen molar-refractivity contribution in [2.75, 3.05) is 32.7 Å². The molecule has 1 aliphatic carbocycles. The SMILES string of the molecule is CCN1CCCCC1CNC(=O)NC1CC(N(CC)CC(=O)O)C1. The van der Waals surface area contributed by atoms with E-state index in [9.17, 15) is 9.59 Å². The summed E-state index contributed by atoms with van der Waals surface area (Å²) in [5, 5.41) is 14.9. The maximum atomic E-state index is 12.1. The van der Waals surface area contributed by atoms with Crippen LogP contribution in [0.1, 0.15) is 46.0 Å². The van der Waals surface area contributed by atoms with Gasteiger partial charge in [-0.3, -0.25) is 14.6 Å². The van der Waals surface area contributed by atoms with E-state index in [1.807, 2.05) is 11.8 Å². The third-order valence-corrected chi connectivity index (χ3v) is 5.36. The minimum atomic E-state index is -0.793. The fourth-order valence-corrected chi connectivity index (χ4v) is 3.83. The van der Waals surface area contributed by atoms with E-state index in [0.717, 1.165) is 38.9 Å². The van der Waals surface area contributed by atoms with Crippen molar-refractivity contribution in [3.63, 3.8) is 0 Å². The van der Waals surface area contributed by atoms with Crippen LogP contribution in [0.5, 0.6) is 0 Å². The second-order valence-electron chi connectivity index (χ2n) is 6.91. The van der Waals surface area contributed by atoms with Crippen LogP contribution in [0.25, 0.3) is 0 Å². The van der Waals surface area contributed by atoms with Crippen LogP contribution in [0, 0.1) is 0 Å². The van der Waals surface area contributed by atoms with Gasteiger partial charge in [-0.1, -0.05) is 20.3 Å². The summed E-state index contributed by atoms with van der Waals surface area (Å²) in [5.74, 6) is -0.793. The number of carboxylic acids is 1. The minimum absolute atomic E-state index is 0.0780. The number of nitrogens with zero attached hydrogens (tertiary/aromatic N) is 2. The monoisotopic (exact) mass is 340 g/mol. The largest absolute Gasteiger partial charge is 0.480 e. The number of nitrogens with one attached hydrogen (secondary N) is 2. The lowest BCUT2D eigenvalue weighted by molar-refractivity contribution is -0.139. The van der Waals surface area contributed by atoms with Crippen molar-refractivity contribution in [3.8, 4) is 0 Å². The Balaban J connectivity index is 1.64. The van der Waals surface area contributed by atoms with E-state index in [0.29, 0.717) is 12.6 Å². The van der Waals surface area contributed by atoms with Crippen LogP contribution in [-0.2, 0) is 4.79 Å². The average Bonchev–Trinajstić information content (AvgIpc) is 2.54. The average molecular weight is 340 g/mol. The van der Waals surface area contributed by atoms with E-state index < -0.39 is 5.97 Å². The lowest BCUT2D eigenvalue weighted by Gasteiger charge is -2.42. The summed E-state index contributed by atoms with van der Waals surface area (Å²) in [4.78, 5) is 27.3. The van der Waals surface area contributed by atoms with Gasteiger partial charge in [-0.05, 0) is 45.3 Å². The van der Waals surface area contributed by atoms with E-state index in [4.69, 9.17) is 5.11 Å². The number of hydrogen-bond donors (Lipinski definition) is 3. The van der Waals surface area contributed by atoms with Gasteiger partial charge in [0, 0.05) is 24.7 Å². The van der Waals surface area contributed by atoms with E-state index in [1.54, 1.807) is 0 Å². The van der Waals surface area contributed by atoms with Crippen LogP contribution < -0.4 is 10.6 Å². The molecule has 24 heavy (non-hydrogen) atoms. The molecule has 0 aromatic rings. The van der Waals surface area contributed by atoms with Gasteiger partial charge in [0.15, 0.2) is 0 Å². The summed E-state index contributed by atoms with van der Waals surface area (Å²) < 4.78 is 0. The molecule has 0 aromatic carbocycles. The maximum Gasteiger partial charge on any atom is 0.317 e. The predicted octanol–water partition coefficient (Wildman–Crippen LogP) is 1.10. The van der Waals surface area contributed by atoms with Gasteiger partial charge in [0.1, 0.15) is 0 Å². The summed E-state index contributed by atoms with van der Waals surface area (Å²) >= 11 is 0. The molecule has 2 aliphatic rings. The minimum Gasteiger partial charge on any atom is -0.480 e. The van der Waals surface area contributed by atoms with Gasteiger partial charge in [-0.15, -0.1) is 0 Å². The molecule has 7 nitrogen and oxygen atoms in total. The summed E-state index contributed by atoms with van der Waals surface area (Å²) in [7, 11) is 0. The molecule has 1 saturated carbocycles. The number of urea groups is 1. The molecule has 1 heterocycles. The molecule has 1 aliphatic heterocycles. The van der Waals surface area contributed by atoms with Crippen LogP contribution in [0.3, 0.4) is 0 Å². The molecule has 1 saturated heterocycles. The number of hydrogen-bond acceptors (Lipinski definition) is 4. The highest BCUT2D eigenvalue weighted by Crippen LogP contribution is 2.25. The van der Waals surface area contributed by atoms with Gasteiger partial charge >= 0.3 is 12.0 Å². The molecule has 0 aromatic heterocycles. The third-order valence-electron chi connectivity index (χ3n) is 5.36. The number of likely N-dealkylation sites (N-methyl/N-ethyl adjacent to an activating group) is 2. The normalized spacial score (nSPS) is 27.5. The first-order valence-electron chi connectivity index (χ1n) is 9.27. The Morgan fingerprint density at radius 3 is 2.62 bits per heavy atom. The molecule has 1 atom stereocenters. The van der Waals surface area contributed by atoms with Crippen molar-refractivity contribution in [2.45, 2.75) is 64.1 Å². The highest BCUT2D eigenvalue weighted by molar-refractivity contribution is 5.74. The van der Waals surface area contributed by atoms with Gasteiger partial charge in [0.2, 0.25) is 0 Å². The molecule has 138 valence electrons. The number of aliphatic carboxylic acids is 1. The lowest BCUT2D eigenvalue weighted by Crippen LogP contribution is -2.57. The zero-order valence-corrected chi connectivity index (χ0v) is 15.0. The Morgan fingerprint density at radius 2 is 2.00 bits per heavy atom. The van der Waals surface area contributed by atoms with Crippen molar-refractivity contribution in [1.82, 2.24) is 20.4 Å². The van der Waals surface area contributed by atoms with Crippen molar-refractivity contribution in [3.05, 3.63) is 0 Å². The summed E-state index contributed by atoms with van der Waals surface area (Å²) in [6.45, 7) is 7.82. The highest BCUT2D eigenvalue weighted by Gasteiger charge is 2.34. The zero-order valence-electron chi connectivity index (χ0n) is 15.0. The Labute approximate surface area is 144 Å². The number of carbonyl (C=O) groups is 2. The number of carboxylic acid groups (broad SMARTS) is 1. The fraction of sp³-hybridized carbons (Fsp3) is 0.882. The van der Waals surface area contributed by atoms with E-state index in [-0.39, 0.29) is 24.7 Å². The summed E-state index contributed by atoms with van der Waals surface area (Å²) in [6, 6.07) is 0.785. The van der Waals surface area contributed by atoms with Crippen LogP contribution in [-0.4, -0.2) is 77.8 Å². The lowest BCUT2D eigenvalue weighted by atomic mass is 9.85. The van der Waals surface area contributed by atoms with E-state index >= 15 is 0 Å². The van der Waals surface area contributed by atoms with Gasteiger partial charge in [0.25, 0.3) is 0 Å². The van der Waals surface area contributed by atoms with Crippen LogP contribution in [0.2, 0.25) is 0 Å². The number of piperidine rings is 1. The summed E-state index contributed by atoms with van der Waals surface area (Å²) in [6.07, 6.45) is 5.31. The van der Waals surface area contributed by atoms with Gasteiger partial charge < -0.3 is 15.7 Å². The van der Waals surface area contributed by atoms with Crippen LogP contribution >= 0.6 is 0 Å². The topological polar surface area (TPSA) is 84.9 Å². The Kier molecular flexibility index (Phi) is 7.30. The smallest absolute Gasteiger partial charge is 0.317 e. The first-order valence-corrected chi connectivity index (χ1v) is 9.27. The number of likely N-dealkylation sites (tertiary alicyclic amines) is 1.